The van der Waals surface area contributed by atoms with Crippen molar-refractivity contribution in [2.45, 2.75) is 6.42 Å². The Labute approximate surface area is 138 Å². The molecule has 0 aliphatic rings. The number of aromatic nitrogens is 2. The maximum absolute atomic E-state index is 3.66. The van der Waals surface area contributed by atoms with E-state index in [0.717, 1.165) is 15.4 Å². The first-order chi connectivity index (χ1) is 10.2. The summed E-state index contributed by atoms with van der Waals surface area (Å²) in [6.07, 6.45) is 5.10. The molecule has 0 fully saturated rings. The molecule has 0 spiro atoms. The predicted octanol–water partition coefficient (Wildman–Crippen LogP) is 5.77. The van der Waals surface area contributed by atoms with Crippen molar-refractivity contribution in [2.24, 2.45) is 0 Å². The van der Waals surface area contributed by atoms with Crippen LogP contribution in [0.25, 0.3) is 21.8 Å². The van der Waals surface area contributed by atoms with E-state index < -0.39 is 0 Å². The highest BCUT2D eigenvalue weighted by atomic mass is 79.9. The number of hydrogen-bond donors (Lipinski definition) is 2. The van der Waals surface area contributed by atoms with Crippen LogP contribution in [0.5, 0.6) is 0 Å². The van der Waals surface area contributed by atoms with Gasteiger partial charge in [0.1, 0.15) is 0 Å². The number of benzene rings is 2. The monoisotopic (exact) mass is 402 g/mol. The number of fused-ring (bicyclic) bond motifs is 2. The van der Waals surface area contributed by atoms with Crippen molar-refractivity contribution in [3.8, 4) is 0 Å². The summed E-state index contributed by atoms with van der Waals surface area (Å²) in [6.45, 7) is 0. The van der Waals surface area contributed by atoms with E-state index in [2.05, 4.69) is 90.6 Å². The van der Waals surface area contributed by atoms with Crippen molar-refractivity contribution in [2.75, 3.05) is 0 Å². The minimum absolute atomic E-state index is 0.894. The van der Waals surface area contributed by atoms with E-state index >= 15 is 0 Å². The zero-order valence-corrected chi connectivity index (χ0v) is 14.3. The van der Waals surface area contributed by atoms with Crippen LogP contribution in [0.15, 0.2) is 57.7 Å². The maximum atomic E-state index is 3.66. The number of nitrogens with one attached hydrogen (secondary N) is 2. The van der Waals surface area contributed by atoms with E-state index in [0.29, 0.717) is 0 Å². The van der Waals surface area contributed by atoms with Gasteiger partial charge in [0.15, 0.2) is 0 Å². The fourth-order valence-electron chi connectivity index (χ4n) is 2.90. The third kappa shape index (κ3) is 2.14. The summed E-state index contributed by atoms with van der Waals surface area (Å²) in [4.78, 5) is 6.70. The normalized spacial score (nSPS) is 11.5. The lowest BCUT2D eigenvalue weighted by Gasteiger charge is -2.02. The summed E-state index contributed by atoms with van der Waals surface area (Å²) in [5.41, 5.74) is 4.93. The summed E-state index contributed by atoms with van der Waals surface area (Å²) >= 11 is 7.32. The molecule has 0 aliphatic carbocycles. The molecule has 0 unspecified atom stereocenters. The Morgan fingerprint density at radius 1 is 0.714 bits per heavy atom. The van der Waals surface area contributed by atoms with Gasteiger partial charge in [0.05, 0.1) is 0 Å². The summed E-state index contributed by atoms with van der Waals surface area (Å²) < 4.78 is 2.27. The minimum Gasteiger partial charge on any atom is -0.361 e. The molecule has 21 heavy (non-hydrogen) atoms. The van der Waals surface area contributed by atoms with Crippen molar-refractivity contribution >= 4 is 53.7 Å². The van der Waals surface area contributed by atoms with E-state index in [9.17, 15) is 0 Å². The first kappa shape index (κ1) is 13.2. The van der Waals surface area contributed by atoms with E-state index in [1.165, 1.54) is 32.9 Å². The van der Waals surface area contributed by atoms with Gasteiger partial charge in [-0.15, -0.1) is 0 Å². The van der Waals surface area contributed by atoms with Gasteiger partial charge in [-0.2, -0.15) is 0 Å². The van der Waals surface area contributed by atoms with Gasteiger partial charge in [0.25, 0.3) is 0 Å². The van der Waals surface area contributed by atoms with Gasteiger partial charge in [-0.1, -0.05) is 44.0 Å². The van der Waals surface area contributed by atoms with Crippen molar-refractivity contribution in [3.63, 3.8) is 0 Å². The Balaban J connectivity index is 1.87. The number of hydrogen-bond acceptors (Lipinski definition) is 0. The molecule has 0 saturated heterocycles. The Kier molecular flexibility index (Phi) is 3.16. The van der Waals surface area contributed by atoms with Crippen LogP contribution in [0.2, 0.25) is 0 Å². The van der Waals surface area contributed by atoms with Crippen LogP contribution in [-0.2, 0) is 6.42 Å². The summed E-state index contributed by atoms with van der Waals surface area (Å²) in [5, 5.41) is 2.53. The Hall–Kier alpha value is -1.52. The second kappa shape index (κ2) is 5.04. The first-order valence-corrected chi connectivity index (χ1v) is 8.31. The minimum atomic E-state index is 0.894. The summed E-state index contributed by atoms with van der Waals surface area (Å²) in [6, 6.07) is 12.5. The zero-order chi connectivity index (χ0) is 14.4. The van der Waals surface area contributed by atoms with E-state index in [1.54, 1.807) is 0 Å². The van der Waals surface area contributed by atoms with Gasteiger partial charge in [-0.3, -0.25) is 0 Å². The zero-order valence-electron chi connectivity index (χ0n) is 11.1. The average molecular weight is 404 g/mol. The molecule has 2 aromatic heterocycles. The molecular weight excluding hydrogens is 392 g/mol. The van der Waals surface area contributed by atoms with Gasteiger partial charge in [-0.05, 0) is 35.4 Å². The van der Waals surface area contributed by atoms with Gasteiger partial charge >= 0.3 is 0 Å². The van der Waals surface area contributed by atoms with E-state index in [-0.39, 0.29) is 0 Å². The summed E-state index contributed by atoms with van der Waals surface area (Å²) in [7, 11) is 0. The van der Waals surface area contributed by atoms with Crippen LogP contribution < -0.4 is 0 Å². The second-order valence-electron chi connectivity index (χ2n) is 5.13. The molecule has 2 heterocycles. The quantitative estimate of drug-likeness (QED) is 0.426. The largest absolute Gasteiger partial charge is 0.361 e. The Bertz CT molecular complexity index is 872. The van der Waals surface area contributed by atoms with Crippen molar-refractivity contribution in [1.82, 2.24) is 9.97 Å². The third-order valence-electron chi connectivity index (χ3n) is 3.85. The molecule has 2 nitrogen and oxygen atoms in total. The molecule has 0 radical (unpaired) electrons. The average Bonchev–Trinajstić information content (AvgIpc) is 3.06. The molecular formula is C17H12Br2N2. The van der Waals surface area contributed by atoms with Crippen molar-refractivity contribution in [3.05, 3.63) is 68.9 Å². The number of H-pyrrole nitrogens is 2. The lowest BCUT2D eigenvalue weighted by atomic mass is 10.0. The molecule has 4 aromatic rings. The second-order valence-corrected chi connectivity index (χ2v) is 6.84. The topological polar surface area (TPSA) is 31.6 Å². The van der Waals surface area contributed by atoms with Gasteiger partial charge < -0.3 is 9.97 Å². The molecule has 4 heteroatoms. The van der Waals surface area contributed by atoms with Crippen molar-refractivity contribution < 1.29 is 0 Å². The van der Waals surface area contributed by atoms with Gasteiger partial charge in [0.2, 0.25) is 0 Å². The molecule has 4 rings (SSSR count). The highest BCUT2D eigenvalue weighted by Crippen LogP contribution is 2.32. The van der Waals surface area contributed by atoms with Gasteiger partial charge in [0, 0.05) is 49.6 Å². The number of rotatable bonds is 2. The molecule has 104 valence electrons. The van der Waals surface area contributed by atoms with Crippen LogP contribution >= 0.6 is 31.9 Å². The number of aromatic amines is 2. The highest BCUT2D eigenvalue weighted by molar-refractivity contribution is 9.11. The first-order valence-electron chi connectivity index (χ1n) is 6.73. The predicted molar refractivity (Wildman–Crippen MR) is 94.8 cm³/mol. The third-order valence-corrected chi connectivity index (χ3v) is 5.18. The van der Waals surface area contributed by atoms with E-state index in [1.807, 2.05) is 0 Å². The molecule has 0 saturated carbocycles. The van der Waals surface area contributed by atoms with Crippen LogP contribution in [-0.4, -0.2) is 9.97 Å². The van der Waals surface area contributed by atoms with Crippen LogP contribution in [0, 0.1) is 0 Å². The van der Waals surface area contributed by atoms with E-state index in [4.69, 9.17) is 0 Å². The lowest BCUT2D eigenvalue weighted by molar-refractivity contribution is 1.22. The lowest BCUT2D eigenvalue weighted by Crippen LogP contribution is -1.86. The Morgan fingerprint density at radius 2 is 1.19 bits per heavy atom. The molecule has 0 bridgehead atoms. The Morgan fingerprint density at radius 3 is 1.67 bits per heavy atom. The number of halogens is 2. The van der Waals surface area contributed by atoms with Crippen LogP contribution in [0.1, 0.15) is 11.1 Å². The standard InChI is InChI=1S/C17H12Br2N2/c18-12-3-1-5-14-16(12)10(8-20-14)7-11-9-21-15-6-2-4-13(19)17(11)15/h1-6,8-9,20-21H,7H2. The SMILES string of the molecule is Brc1cccc2[nH]cc(Cc3c[nH]c4cccc(Br)c34)c12. The molecule has 0 aliphatic heterocycles. The highest BCUT2D eigenvalue weighted by Gasteiger charge is 2.12. The molecule has 0 atom stereocenters. The summed E-state index contributed by atoms with van der Waals surface area (Å²) in [5.74, 6) is 0. The fourth-order valence-corrected chi connectivity index (χ4v) is 4.14. The smallest absolute Gasteiger partial charge is 0.0468 e. The molecule has 2 N–H and O–H groups in total. The van der Waals surface area contributed by atoms with Crippen LogP contribution in [0.4, 0.5) is 0 Å². The molecule has 0 amide bonds. The van der Waals surface area contributed by atoms with Gasteiger partial charge in [-0.25, -0.2) is 0 Å². The molecule has 2 aromatic carbocycles. The van der Waals surface area contributed by atoms with Crippen molar-refractivity contribution in [1.29, 1.82) is 0 Å². The maximum Gasteiger partial charge on any atom is 0.0468 e. The fraction of sp³-hybridized carbons (Fsp3) is 0.0588. The van der Waals surface area contributed by atoms with Crippen LogP contribution in [0.3, 0.4) is 0 Å².